The molecule has 3 heterocycles. The van der Waals surface area contributed by atoms with E-state index in [4.69, 9.17) is 9.47 Å². The van der Waals surface area contributed by atoms with Crippen LogP contribution in [0.1, 0.15) is 29.0 Å². The zero-order chi connectivity index (χ0) is 22.8. The van der Waals surface area contributed by atoms with E-state index < -0.39 is 0 Å². The number of fused-ring (bicyclic) bond motifs is 2. The van der Waals surface area contributed by atoms with E-state index in [1.54, 1.807) is 24.3 Å². The van der Waals surface area contributed by atoms with Crippen molar-refractivity contribution in [1.82, 2.24) is 14.5 Å². The summed E-state index contributed by atoms with van der Waals surface area (Å²) in [5.74, 6) is 1.95. The molecule has 1 aromatic heterocycles. The highest BCUT2D eigenvalue weighted by molar-refractivity contribution is 5.98. The Labute approximate surface area is 191 Å². The molecule has 33 heavy (non-hydrogen) atoms. The largest absolute Gasteiger partial charge is 0.486 e. The Kier molecular flexibility index (Phi) is 5.80. The molecule has 2 aliphatic heterocycles. The molecule has 0 radical (unpaired) electrons. The van der Waals surface area contributed by atoms with Crippen molar-refractivity contribution in [2.75, 3.05) is 26.3 Å². The predicted molar refractivity (Wildman–Crippen MR) is 121 cm³/mol. The average Bonchev–Trinajstić information content (AvgIpc) is 2.86. The lowest BCUT2D eigenvalue weighted by molar-refractivity contribution is 0.0830. The molecular formula is C25H24N4O4. The van der Waals surface area contributed by atoms with E-state index >= 15 is 0 Å². The second-order valence-electron chi connectivity index (χ2n) is 8.37. The molecule has 8 heteroatoms. The van der Waals surface area contributed by atoms with Crippen molar-refractivity contribution in [3.8, 4) is 17.6 Å². The van der Waals surface area contributed by atoms with Gasteiger partial charge in [-0.3, -0.25) is 19.1 Å². The smallest absolute Gasteiger partial charge is 0.262 e. The summed E-state index contributed by atoms with van der Waals surface area (Å²) in [7, 11) is 0. The molecule has 5 rings (SSSR count). The number of ether oxygens (including phenoxy) is 2. The summed E-state index contributed by atoms with van der Waals surface area (Å²) in [5, 5.41) is 9.73. The fourth-order valence-electron chi connectivity index (χ4n) is 4.55. The third-order valence-electron chi connectivity index (χ3n) is 6.32. The molecule has 2 aromatic carbocycles. The SMILES string of the molecule is N#CCn1c(CN2CCC(C(=O)c3ccc4c(c3)OCCO4)CC2)nc2ccccc2c1=O. The van der Waals surface area contributed by atoms with Crippen molar-refractivity contribution in [2.45, 2.75) is 25.9 Å². The maximum atomic E-state index is 13.1. The number of carbonyl (C=O) groups is 1. The third-order valence-corrected chi connectivity index (χ3v) is 6.32. The van der Waals surface area contributed by atoms with Crippen LogP contribution in [0.3, 0.4) is 0 Å². The Hall–Kier alpha value is -3.70. The van der Waals surface area contributed by atoms with Gasteiger partial charge >= 0.3 is 0 Å². The van der Waals surface area contributed by atoms with E-state index in [2.05, 4.69) is 16.0 Å². The molecule has 3 aromatic rings. The number of para-hydroxylation sites is 1. The van der Waals surface area contributed by atoms with Gasteiger partial charge in [0.25, 0.3) is 5.56 Å². The first-order valence-corrected chi connectivity index (χ1v) is 11.2. The summed E-state index contributed by atoms with van der Waals surface area (Å²) in [6.07, 6.45) is 1.45. The van der Waals surface area contributed by atoms with Gasteiger partial charge in [-0.15, -0.1) is 0 Å². The molecule has 8 nitrogen and oxygen atoms in total. The normalized spacial score (nSPS) is 16.5. The van der Waals surface area contributed by atoms with Crippen molar-refractivity contribution in [1.29, 1.82) is 5.26 Å². The van der Waals surface area contributed by atoms with Crippen molar-refractivity contribution in [3.63, 3.8) is 0 Å². The molecule has 1 saturated heterocycles. The van der Waals surface area contributed by atoms with E-state index in [1.807, 2.05) is 18.2 Å². The number of piperidine rings is 1. The van der Waals surface area contributed by atoms with Crippen LogP contribution < -0.4 is 15.0 Å². The second-order valence-corrected chi connectivity index (χ2v) is 8.37. The summed E-state index contributed by atoms with van der Waals surface area (Å²) in [6.45, 7) is 2.87. The van der Waals surface area contributed by atoms with Crippen LogP contribution in [0.5, 0.6) is 11.5 Å². The monoisotopic (exact) mass is 444 g/mol. The van der Waals surface area contributed by atoms with Gasteiger partial charge in [-0.25, -0.2) is 4.98 Å². The summed E-state index contributed by atoms with van der Waals surface area (Å²) in [6, 6.07) is 14.7. The van der Waals surface area contributed by atoms with Crippen molar-refractivity contribution >= 4 is 16.7 Å². The van der Waals surface area contributed by atoms with Crippen molar-refractivity contribution < 1.29 is 14.3 Å². The van der Waals surface area contributed by atoms with Gasteiger partial charge in [-0.2, -0.15) is 5.26 Å². The van der Waals surface area contributed by atoms with Gasteiger partial charge in [-0.05, 0) is 56.3 Å². The fourth-order valence-corrected chi connectivity index (χ4v) is 4.55. The molecule has 1 fully saturated rings. The van der Waals surface area contributed by atoms with Gasteiger partial charge in [0.1, 0.15) is 25.6 Å². The van der Waals surface area contributed by atoms with Gasteiger partial charge in [0.05, 0.1) is 23.5 Å². The maximum Gasteiger partial charge on any atom is 0.262 e. The van der Waals surface area contributed by atoms with Gasteiger partial charge < -0.3 is 9.47 Å². The number of benzene rings is 2. The van der Waals surface area contributed by atoms with Crippen molar-refractivity contribution in [3.05, 3.63) is 64.2 Å². The van der Waals surface area contributed by atoms with E-state index in [1.165, 1.54) is 4.57 Å². The average molecular weight is 444 g/mol. The highest BCUT2D eigenvalue weighted by Crippen LogP contribution is 2.32. The minimum atomic E-state index is -0.194. The minimum Gasteiger partial charge on any atom is -0.486 e. The summed E-state index contributed by atoms with van der Waals surface area (Å²) in [5.41, 5.74) is 1.09. The highest BCUT2D eigenvalue weighted by atomic mass is 16.6. The molecule has 168 valence electrons. The summed E-state index contributed by atoms with van der Waals surface area (Å²) < 4.78 is 12.6. The zero-order valence-corrected chi connectivity index (χ0v) is 18.2. The fraction of sp³-hybridized carbons (Fsp3) is 0.360. The molecule has 0 aliphatic carbocycles. The lowest BCUT2D eigenvalue weighted by Crippen LogP contribution is -2.38. The predicted octanol–water partition coefficient (Wildman–Crippen LogP) is 2.79. The lowest BCUT2D eigenvalue weighted by Gasteiger charge is -2.31. The van der Waals surface area contributed by atoms with Crippen LogP contribution in [-0.4, -0.2) is 46.5 Å². The molecule has 0 atom stereocenters. The Balaban J connectivity index is 1.29. The number of ketones is 1. The molecule has 0 unspecified atom stereocenters. The topological polar surface area (TPSA) is 97.5 Å². The Morgan fingerprint density at radius 1 is 1.09 bits per heavy atom. The molecule has 0 saturated carbocycles. The van der Waals surface area contributed by atoms with Crippen LogP contribution >= 0.6 is 0 Å². The number of rotatable bonds is 5. The van der Waals surface area contributed by atoms with Crippen LogP contribution in [-0.2, 0) is 13.1 Å². The number of nitriles is 1. The van der Waals surface area contributed by atoms with Crippen LogP contribution in [0, 0.1) is 17.2 Å². The number of likely N-dealkylation sites (tertiary alicyclic amines) is 1. The second kappa shape index (κ2) is 9.04. The Morgan fingerprint density at radius 2 is 1.85 bits per heavy atom. The highest BCUT2D eigenvalue weighted by Gasteiger charge is 2.27. The first-order valence-electron chi connectivity index (χ1n) is 11.2. The zero-order valence-electron chi connectivity index (χ0n) is 18.2. The minimum absolute atomic E-state index is 0.0366. The van der Waals surface area contributed by atoms with Crippen LogP contribution in [0.4, 0.5) is 0 Å². The number of hydrogen-bond acceptors (Lipinski definition) is 7. The standard InChI is InChI=1S/C25H24N4O4/c26-9-12-29-23(27-20-4-2-1-3-19(20)25(29)31)16-28-10-7-17(8-11-28)24(30)18-5-6-21-22(15-18)33-14-13-32-21/h1-6,15,17H,7-8,10-14,16H2. The van der Waals surface area contributed by atoms with Crippen LogP contribution in [0.25, 0.3) is 10.9 Å². The van der Waals surface area contributed by atoms with E-state index in [0.29, 0.717) is 53.5 Å². The number of nitrogens with zero attached hydrogens (tertiary/aromatic N) is 4. The van der Waals surface area contributed by atoms with E-state index in [9.17, 15) is 14.9 Å². The maximum absolute atomic E-state index is 13.1. The molecule has 2 aliphatic rings. The van der Waals surface area contributed by atoms with Crippen LogP contribution in [0.15, 0.2) is 47.3 Å². The third kappa shape index (κ3) is 4.20. The number of carbonyl (C=O) groups excluding carboxylic acids is 1. The Bertz CT molecular complexity index is 1300. The van der Waals surface area contributed by atoms with Gasteiger partial charge in [0.2, 0.25) is 0 Å². The summed E-state index contributed by atoms with van der Waals surface area (Å²) in [4.78, 5) is 32.8. The van der Waals surface area contributed by atoms with Crippen LogP contribution in [0.2, 0.25) is 0 Å². The first kappa shape index (κ1) is 21.2. The van der Waals surface area contributed by atoms with E-state index in [0.717, 1.165) is 25.9 Å². The van der Waals surface area contributed by atoms with Gasteiger partial charge in [0.15, 0.2) is 17.3 Å². The first-order chi connectivity index (χ1) is 16.1. The molecule has 0 spiro atoms. The Morgan fingerprint density at radius 3 is 2.64 bits per heavy atom. The number of hydrogen-bond donors (Lipinski definition) is 0. The quantitative estimate of drug-likeness (QED) is 0.558. The lowest BCUT2D eigenvalue weighted by atomic mass is 9.88. The molecule has 0 bridgehead atoms. The van der Waals surface area contributed by atoms with E-state index in [-0.39, 0.29) is 23.8 Å². The molecule has 0 N–H and O–H groups in total. The van der Waals surface area contributed by atoms with Gasteiger partial charge in [0, 0.05) is 11.5 Å². The van der Waals surface area contributed by atoms with Crippen molar-refractivity contribution in [2.24, 2.45) is 5.92 Å². The number of aromatic nitrogens is 2. The molecule has 0 amide bonds. The molecular weight excluding hydrogens is 420 g/mol. The van der Waals surface area contributed by atoms with Gasteiger partial charge in [-0.1, -0.05) is 12.1 Å². The number of Topliss-reactive ketones (excluding diaryl/α,β-unsaturated/α-hetero) is 1. The summed E-state index contributed by atoms with van der Waals surface area (Å²) >= 11 is 0.